The van der Waals surface area contributed by atoms with E-state index in [2.05, 4.69) is 0 Å². The first-order valence-corrected chi connectivity index (χ1v) is 12.0. The predicted molar refractivity (Wildman–Crippen MR) is 139 cm³/mol. The number of carbonyl (C=O) groups excluding carboxylic acids is 1. The Kier molecular flexibility index (Phi) is 7.05. The highest BCUT2D eigenvalue weighted by Gasteiger charge is 2.26. The minimum absolute atomic E-state index is 0.152. The standard InChI is InChI=1S/C29H23ClFN3O3/c1-33-29(37-22-15-13-21(31)14-16-22)25(27(32-33)20-8-3-2-4-9-20)19-34(18-23-10-7-17-36-23)28(35)24-11-5-6-12-26(24)30/h2-17H,18-19H2,1H3. The second-order valence-electron chi connectivity index (χ2n) is 8.40. The molecule has 0 unspecified atom stereocenters. The van der Waals surface area contributed by atoms with Gasteiger partial charge in [-0.2, -0.15) is 5.10 Å². The second kappa shape index (κ2) is 10.7. The molecule has 0 aliphatic rings. The third kappa shape index (κ3) is 5.42. The number of hydrogen-bond acceptors (Lipinski definition) is 4. The zero-order valence-corrected chi connectivity index (χ0v) is 20.7. The molecule has 0 aliphatic heterocycles. The molecule has 186 valence electrons. The highest BCUT2D eigenvalue weighted by atomic mass is 35.5. The van der Waals surface area contributed by atoms with E-state index in [1.807, 2.05) is 36.4 Å². The molecule has 0 aliphatic carbocycles. The molecule has 0 bridgehead atoms. The molecule has 0 spiro atoms. The Bertz CT molecular complexity index is 1500. The summed E-state index contributed by atoms with van der Waals surface area (Å²) in [4.78, 5) is 15.4. The van der Waals surface area contributed by atoms with Crippen LogP contribution in [-0.4, -0.2) is 20.6 Å². The summed E-state index contributed by atoms with van der Waals surface area (Å²) in [5.74, 6) is 0.865. The molecule has 1 amide bonds. The fraction of sp³-hybridized carbons (Fsp3) is 0.103. The molecule has 37 heavy (non-hydrogen) atoms. The number of benzene rings is 3. The zero-order chi connectivity index (χ0) is 25.8. The first kappa shape index (κ1) is 24.3. The smallest absolute Gasteiger partial charge is 0.256 e. The summed E-state index contributed by atoms with van der Waals surface area (Å²) in [6.07, 6.45) is 1.57. The van der Waals surface area contributed by atoms with Gasteiger partial charge in [0.2, 0.25) is 5.88 Å². The Balaban J connectivity index is 1.59. The number of ether oxygens (including phenoxy) is 1. The van der Waals surface area contributed by atoms with Crippen molar-refractivity contribution in [3.63, 3.8) is 0 Å². The molecular formula is C29H23ClFN3O3. The number of aryl methyl sites for hydroxylation is 1. The average molecular weight is 516 g/mol. The van der Waals surface area contributed by atoms with Crippen LogP contribution in [0.25, 0.3) is 11.3 Å². The largest absolute Gasteiger partial charge is 0.467 e. The van der Waals surface area contributed by atoms with Crippen molar-refractivity contribution in [1.29, 1.82) is 0 Å². The monoisotopic (exact) mass is 515 g/mol. The summed E-state index contributed by atoms with van der Waals surface area (Å²) in [6.45, 7) is 0.357. The number of amides is 1. The molecule has 0 atom stereocenters. The maximum Gasteiger partial charge on any atom is 0.256 e. The Morgan fingerprint density at radius 2 is 1.70 bits per heavy atom. The van der Waals surface area contributed by atoms with Gasteiger partial charge in [0.15, 0.2) is 0 Å². The van der Waals surface area contributed by atoms with Crippen molar-refractivity contribution in [2.75, 3.05) is 0 Å². The number of hydrogen-bond donors (Lipinski definition) is 0. The lowest BCUT2D eigenvalue weighted by molar-refractivity contribution is 0.0717. The molecule has 2 aromatic heterocycles. The Morgan fingerprint density at radius 1 is 0.973 bits per heavy atom. The van der Waals surface area contributed by atoms with Gasteiger partial charge in [-0.1, -0.05) is 54.1 Å². The molecule has 0 saturated heterocycles. The summed E-state index contributed by atoms with van der Waals surface area (Å²) in [6, 6.07) is 25.9. The van der Waals surface area contributed by atoms with Gasteiger partial charge in [-0.15, -0.1) is 0 Å². The van der Waals surface area contributed by atoms with Crippen LogP contribution in [0.5, 0.6) is 11.6 Å². The van der Waals surface area contributed by atoms with E-state index in [-0.39, 0.29) is 24.8 Å². The van der Waals surface area contributed by atoms with Crippen LogP contribution in [-0.2, 0) is 20.1 Å². The number of furan rings is 1. The van der Waals surface area contributed by atoms with Gasteiger partial charge in [-0.25, -0.2) is 9.07 Å². The van der Waals surface area contributed by atoms with Crippen LogP contribution < -0.4 is 4.74 Å². The zero-order valence-electron chi connectivity index (χ0n) is 20.0. The van der Waals surface area contributed by atoms with Crippen LogP contribution in [0.3, 0.4) is 0 Å². The minimum atomic E-state index is -0.363. The van der Waals surface area contributed by atoms with Gasteiger partial charge < -0.3 is 14.1 Å². The average Bonchev–Trinajstić information content (AvgIpc) is 3.53. The molecular weight excluding hydrogens is 493 g/mol. The quantitative estimate of drug-likeness (QED) is 0.221. The molecule has 2 heterocycles. The molecule has 0 fully saturated rings. The van der Waals surface area contributed by atoms with E-state index in [1.54, 1.807) is 65.4 Å². The third-order valence-corrected chi connectivity index (χ3v) is 6.16. The van der Waals surface area contributed by atoms with Crippen LogP contribution in [0.2, 0.25) is 5.02 Å². The molecule has 8 heteroatoms. The number of rotatable bonds is 8. The molecule has 5 aromatic rings. The molecule has 5 rings (SSSR count). The van der Waals surface area contributed by atoms with Crippen molar-refractivity contribution >= 4 is 17.5 Å². The maximum atomic E-state index is 13.7. The summed E-state index contributed by atoms with van der Waals surface area (Å²) < 4.78 is 26.9. The van der Waals surface area contributed by atoms with Crippen molar-refractivity contribution in [2.24, 2.45) is 7.05 Å². The van der Waals surface area contributed by atoms with E-state index in [0.29, 0.717) is 39.2 Å². The van der Waals surface area contributed by atoms with Crippen LogP contribution in [0.15, 0.2) is 102 Å². The number of aromatic nitrogens is 2. The van der Waals surface area contributed by atoms with Crippen molar-refractivity contribution in [3.05, 3.63) is 125 Å². The van der Waals surface area contributed by atoms with Gasteiger partial charge in [-0.05, 0) is 48.5 Å². The Hall–Kier alpha value is -4.36. The van der Waals surface area contributed by atoms with Crippen molar-refractivity contribution in [3.8, 4) is 22.9 Å². The van der Waals surface area contributed by atoms with Crippen molar-refractivity contribution < 1.29 is 18.3 Å². The fourth-order valence-corrected chi connectivity index (χ4v) is 4.27. The summed E-state index contributed by atoms with van der Waals surface area (Å²) in [7, 11) is 1.77. The van der Waals surface area contributed by atoms with E-state index in [0.717, 1.165) is 5.56 Å². The van der Waals surface area contributed by atoms with E-state index in [4.69, 9.17) is 25.9 Å². The van der Waals surface area contributed by atoms with E-state index < -0.39 is 0 Å². The SMILES string of the molecule is Cn1nc(-c2ccccc2)c(CN(Cc2ccco2)C(=O)c2ccccc2Cl)c1Oc1ccc(F)cc1. The molecule has 6 nitrogen and oxygen atoms in total. The van der Waals surface area contributed by atoms with E-state index in [1.165, 1.54) is 12.1 Å². The van der Waals surface area contributed by atoms with Gasteiger partial charge in [0, 0.05) is 12.6 Å². The predicted octanol–water partition coefficient (Wildman–Crippen LogP) is 7.11. The van der Waals surface area contributed by atoms with Crippen LogP contribution >= 0.6 is 11.6 Å². The van der Waals surface area contributed by atoms with Gasteiger partial charge in [0.1, 0.15) is 23.0 Å². The minimum Gasteiger partial charge on any atom is -0.467 e. The lowest BCUT2D eigenvalue weighted by Crippen LogP contribution is -2.30. The van der Waals surface area contributed by atoms with Crippen molar-refractivity contribution in [1.82, 2.24) is 14.7 Å². The molecule has 0 radical (unpaired) electrons. The number of carbonyl (C=O) groups is 1. The third-order valence-electron chi connectivity index (χ3n) is 5.83. The summed E-state index contributed by atoms with van der Waals surface area (Å²) in [5, 5.41) is 5.08. The molecule has 0 N–H and O–H groups in total. The highest BCUT2D eigenvalue weighted by molar-refractivity contribution is 6.33. The van der Waals surface area contributed by atoms with Gasteiger partial charge in [-0.3, -0.25) is 4.79 Å². The van der Waals surface area contributed by atoms with Crippen LogP contribution in [0.4, 0.5) is 4.39 Å². The lowest BCUT2D eigenvalue weighted by atomic mass is 10.1. The van der Waals surface area contributed by atoms with Crippen LogP contribution in [0, 0.1) is 5.82 Å². The first-order chi connectivity index (χ1) is 18.0. The lowest BCUT2D eigenvalue weighted by Gasteiger charge is -2.23. The van der Waals surface area contributed by atoms with Crippen molar-refractivity contribution in [2.45, 2.75) is 13.1 Å². The summed E-state index contributed by atoms with van der Waals surface area (Å²) in [5.41, 5.74) is 2.59. The van der Waals surface area contributed by atoms with Crippen LogP contribution in [0.1, 0.15) is 21.7 Å². The topological polar surface area (TPSA) is 60.5 Å². The highest BCUT2D eigenvalue weighted by Crippen LogP contribution is 2.35. The fourth-order valence-electron chi connectivity index (χ4n) is 4.05. The Morgan fingerprint density at radius 3 is 2.41 bits per heavy atom. The van der Waals surface area contributed by atoms with E-state index in [9.17, 15) is 9.18 Å². The maximum absolute atomic E-state index is 13.7. The molecule has 3 aromatic carbocycles. The Labute approximate surface area is 218 Å². The second-order valence-corrected chi connectivity index (χ2v) is 8.81. The molecule has 0 saturated carbocycles. The first-order valence-electron chi connectivity index (χ1n) is 11.6. The van der Waals surface area contributed by atoms with Gasteiger partial charge in [0.05, 0.1) is 35.5 Å². The van der Waals surface area contributed by atoms with E-state index >= 15 is 0 Å². The summed E-state index contributed by atoms with van der Waals surface area (Å²) >= 11 is 6.39. The number of halogens is 2. The normalized spacial score (nSPS) is 10.9. The van der Waals surface area contributed by atoms with Gasteiger partial charge >= 0.3 is 0 Å². The van der Waals surface area contributed by atoms with Gasteiger partial charge in [0.25, 0.3) is 5.91 Å². The number of nitrogens with zero attached hydrogens (tertiary/aromatic N) is 3.